The van der Waals surface area contributed by atoms with E-state index in [0.29, 0.717) is 5.15 Å². The van der Waals surface area contributed by atoms with Crippen LogP contribution in [0.4, 0.5) is 11.5 Å². The largest absolute Gasteiger partial charge is 0.383 e. The van der Waals surface area contributed by atoms with Crippen molar-refractivity contribution in [1.82, 2.24) is 9.97 Å². The number of ether oxygens (including phenoxy) is 1. The Hall–Kier alpha value is -1.07. The maximum absolute atomic E-state index is 6.07. The second kappa shape index (κ2) is 6.20. The van der Waals surface area contributed by atoms with Gasteiger partial charge >= 0.3 is 0 Å². The number of aromatic nitrogens is 2. The van der Waals surface area contributed by atoms with E-state index in [-0.39, 0.29) is 6.10 Å². The molecule has 1 N–H and O–H groups in total. The van der Waals surface area contributed by atoms with Gasteiger partial charge in [-0.2, -0.15) is 0 Å². The average Bonchev–Trinajstić information content (AvgIpc) is 2.39. The molecule has 0 spiro atoms. The van der Waals surface area contributed by atoms with Gasteiger partial charge in [0.2, 0.25) is 0 Å². The van der Waals surface area contributed by atoms with E-state index in [2.05, 4.69) is 27.1 Å². The molecule has 100 valence electrons. The van der Waals surface area contributed by atoms with Crippen molar-refractivity contribution in [3.05, 3.63) is 11.5 Å². The first-order chi connectivity index (χ1) is 8.76. The van der Waals surface area contributed by atoms with Crippen LogP contribution < -0.4 is 10.2 Å². The third-order valence-electron chi connectivity index (χ3n) is 3.08. The van der Waals surface area contributed by atoms with Crippen molar-refractivity contribution < 1.29 is 4.74 Å². The van der Waals surface area contributed by atoms with Crippen molar-refractivity contribution in [2.24, 2.45) is 0 Å². The Morgan fingerprint density at radius 1 is 1.56 bits per heavy atom. The van der Waals surface area contributed by atoms with Gasteiger partial charge in [-0.1, -0.05) is 24.9 Å². The molecule has 1 fully saturated rings. The summed E-state index contributed by atoms with van der Waals surface area (Å²) in [6.07, 6.45) is 3.98. The summed E-state index contributed by atoms with van der Waals surface area (Å²) >= 11 is 6.07. The molecular formula is C12H19ClN4O. The molecule has 0 radical (unpaired) electrons. The van der Waals surface area contributed by atoms with Crippen molar-refractivity contribution >= 4 is 23.1 Å². The van der Waals surface area contributed by atoms with E-state index in [1.54, 1.807) is 0 Å². The van der Waals surface area contributed by atoms with E-state index in [0.717, 1.165) is 44.0 Å². The lowest BCUT2D eigenvalue weighted by Crippen LogP contribution is -2.43. The lowest BCUT2D eigenvalue weighted by Gasteiger charge is -2.34. The smallest absolute Gasteiger partial charge is 0.157 e. The molecule has 0 amide bonds. The molecule has 0 bridgehead atoms. The van der Waals surface area contributed by atoms with Crippen molar-refractivity contribution in [3.8, 4) is 0 Å². The number of anilines is 2. The maximum atomic E-state index is 6.07. The zero-order chi connectivity index (χ0) is 13.0. The molecule has 1 saturated heterocycles. The molecule has 1 unspecified atom stereocenters. The van der Waals surface area contributed by atoms with E-state index in [9.17, 15) is 0 Å². The molecular weight excluding hydrogens is 252 g/mol. The lowest BCUT2D eigenvalue weighted by molar-refractivity contribution is 0.0346. The predicted octanol–water partition coefficient (Wildman–Crippen LogP) is 2.18. The van der Waals surface area contributed by atoms with Gasteiger partial charge in [0.05, 0.1) is 12.7 Å². The van der Waals surface area contributed by atoms with Crippen molar-refractivity contribution in [2.45, 2.75) is 25.9 Å². The van der Waals surface area contributed by atoms with E-state index in [1.165, 1.54) is 6.33 Å². The van der Waals surface area contributed by atoms with Crippen LogP contribution >= 0.6 is 11.6 Å². The number of nitrogens with one attached hydrogen (secondary N) is 1. The van der Waals surface area contributed by atoms with Crippen LogP contribution in [0.1, 0.15) is 19.8 Å². The van der Waals surface area contributed by atoms with Crippen LogP contribution in [0.2, 0.25) is 5.15 Å². The number of hydrogen-bond acceptors (Lipinski definition) is 5. The minimum Gasteiger partial charge on any atom is -0.383 e. The Bertz CT molecular complexity index is 400. The van der Waals surface area contributed by atoms with Gasteiger partial charge in [-0.3, -0.25) is 0 Å². The number of hydrogen-bond donors (Lipinski definition) is 1. The monoisotopic (exact) mass is 270 g/mol. The summed E-state index contributed by atoms with van der Waals surface area (Å²) in [5.74, 6) is 0.863. The molecule has 1 aromatic heterocycles. The van der Waals surface area contributed by atoms with Crippen molar-refractivity contribution in [2.75, 3.05) is 37.0 Å². The summed E-state index contributed by atoms with van der Waals surface area (Å²) < 4.78 is 5.74. The molecule has 0 saturated carbocycles. The number of morpholine rings is 1. The molecule has 1 atom stereocenters. The van der Waals surface area contributed by atoms with Crippen LogP contribution in [-0.4, -0.2) is 42.8 Å². The molecule has 2 heterocycles. The van der Waals surface area contributed by atoms with Crippen LogP contribution in [0.15, 0.2) is 6.33 Å². The fraction of sp³-hybridized carbons (Fsp3) is 0.667. The normalized spacial score (nSPS) is 19.9. The summed E-state index contributed by atoms with van der Waals surface area (Å²) in [4.78, 5) is 10.5. The zero-order valence-corrected chi connectivity index (χ0v) is 11.6. The molecule has 0 aromatic carbocycles. The first-order valence-electron chi connectivity index (χ1n) is 6.31. The van der Waals surface area contributed by atoms with Crippen LogP contribution in [0.5, 0.6) is 0 Å². The highest BCUT2D eigenvalue weighted by Crippen LogP contribution is 2.30. The van der Waals surface area contributed by atoms with E-state index in [1.807, 2.05) is 7.05 Å². The molecule has 18 heavy (non-hydrogen) atoms. The van der Waals surface area contributed by atoms with Gasteiger partial charge in [0, 0.05) is 20.1 Å². The molecule has 1 aromatic rings. The zero-order valence-electron chi connectivity index (χ0n) is 10.8. The van der Waals surface area contributed by atoms with E-state index in [4.69, 9.17) is 16.3 Å². The van der Waals surface area contributed by atoms with Crippen LogP contribution in [0.3, 0.4) is 0 Å². The van der Waals surface area contributed by atoms with Gasteiger partial charge < -0.3 is 15.0 Å². The summed E-state index contributed by atoms with van der Waals surface area (Å²) in [6, 6.07) is 0. The number of rotatable bonds is 4. The molecule has 0 aliphatic carbocycles. The summed E-state index contributed by atoms with van der Waals surface area (Å²) in [7, 11) is 1.83. The first kappa shape index (κ1) is 13.4. The van der Waals surface area contributed by atoms with Gasteiger partial charge in [0.25, 0.3) is 0 Å². The fourth-order valence-electron chi connectivity index (χ4n) is 2.22. The Labute approximate surface area is 113 Å². The predicted molar refractivity (Wildman–Crippen MR) is 73.4 cm³/mol. The molecule has 6 heteroatoms. The summed E-state index contributed by atoms with van der Waals surface area (Å²) in [6.45, 7) is 4.59. The van der Waals surface area contributed by atoms with Gasteiger partial charge in [0.1, 0.15) is 12.0 Å². The molecule has 2 rings (SSSR count). The standard InChI is InChI=1S/C12H19ClN4O/c1-3-4-9-7-17(5-6-18-9)12-10(14-2)11(13)15-8-16-12/h8-9,14H,3-7H2,1-2H3. The van der Waals surface area contributed by atoms with Gasteiger partial charge in [-0.05, 0) is 6.42 Å². The Morgan fingerprint density at radius 3 is 3.11 bits per heavy atom. The quantitative estimate of drug-likeness (QED) is 0.850. The summed E-state index contributed by atoms with van der Waals surface area (Å²) in [5.41, 5.74) is 0.788. The summed E-state index contributed by atoms with van der Waals surface area (Å²) in [5, 5.41) is 3.53. The number of nitrogens with zero attached hydrogens (tertiary/aromatic N) is 3. The minimum absolute atomic E-state index is 0.280. The Morgan fingerprint density at radius 2 is 2.39 bits per heavy atom. The number of halogens is 1. The molecule has 1 aliphatic heterocycles. The van der Waals surface area contributed by atoms with E-state index >= 15 is 0 Å². The highest BCUT2D eigenvalue weighted by Gasteiger charge is 2.23. The van der Waals surface area contributed by atoms with Crippen LogP contribution in [0, 0.1) is 0 Å². The third kappa shape index (κ3) is 2.84. The van der Waals surface area contributed by atoms with Crippen molar-refractivity contribution in [3.63, 3.8) is 0 Å². The first-order valence-corrected chi connectivity index (χ1v) is 6.68. The fourth-order valence-corrected chi connectivity index (χ4v) is 2.44. The lowest BCUT2D eigenvalue weighted by atomic mass is 10.1. The minimum atomic E-state index is 0.280. The average molecular weight is 271 g/mol. The Kier molecular flexibility index (Phi) is 4.60. The van der Waals surface area contributed by atoms with Crippen LogP contribution in [0.25, 0.3) is 0 Å². The Balaban J connectivity index is 2.18. The van der Waals surface area contributed by atoms with E-state index < -0.39 is 0 Å². The van der Waals surface area contributed by atoms with Crippen molar-refractivity contribution in [1.29, 1.82) is 0 Å². The maximum Gasteiger partial charge on any atom is 0.157 e. The third-order valence-corrected chi connectivity index (χ3v) is 3.37. The highest BCUT2D eigenvalue weighted by atomic mass is 35.5. The SMILES string of the molecule is CCCC1CN(c2ncnc(Cl)c2NC)CCO1. The second-order valence-electron chi connectivity index (χ2n) is 4.34. The topological polar surface area (TPSA) is 50.3 Å². The molecule has 1 aliphatic rings. The second-order valence-corrected chi connectivity index (χ2v) is 4.70. The van der Waals surface area contributed by atoms with Gasteiger partial charge in [-0.15, -0.1) is 0 Å². The van der Waals surface area contributed by atoms with Gasteiger partial charge in [-0.25, -0.2) is 9.97 Å². The van der Waals surface area contributed by atoms with Crippen LogP contribution in [-0.2, 0) is 4.74 Å². The highest BCUT2D eigenvalue weighted by molar-refractivity contribution is 6.32. The molecule has 5 nitrogen and oxygen atoms in total. The van der Waals surface area contributed by atoms with Gasteiger partial charge in [0.15, 0.2) is 11.0 Å².